The van der Waals surface area contributed by atoms with Crippen LogP contribution in [-0.2, 0) is 6.54 Å². The molecule has 1 amide bonds. The normalized spacial score (nSPS) is 10.5. The Morgan fingerprint density at radius 1 is 0.935 bits per heavy atom. The molecule has 7 heteroatoms. The fourth-order valence-corrected chi connectivity index (χ4v) is 3.10. The highest BCUT2D eigenvalue weighted by atomic mass is 35.5. The number of ether oxygens (including phenoxy) is 1. The second-order valence-corrected chi connectivity index (χ2v) is 7.15. The molecule has 0 radical (unpaired) electrons. The molecule has 0 spiro atoms. The first-order valence-electron chi connectivity index (χ1n) is 9.54. The van der Waals surface area contributed by atoms with Crippen molar-refractivity contribution in [2.24, 2.45) is 0 Å². The van der Waals surface area contributed by atoms with E-state index in [-0.39, 0.29) is 17.8 Å². The summed E-state index contributed by atoms with van der Waals surface area (Å²) in [5, 5.41) is 7.43. The van der Waals surface area contributed by atoms with Gasteiger partial charge in [0, 0.05) is 11.1 Å². The van der Waals surface area contributed by atoms with Crippen molar-refractivity contribution in [3.05, 3.63) is 118 Å². The summed E-state index contributed by atoms with van der Waals surface area (Å²) in [6, 6.07) is 26.3. The lowest BCUT2D eigenvalue weighted by Crippen LogP contribution is -2.26. The lowest BCUT2D eigenvalue weighted by Gasteiger charge is -2.13. The summed E-state index contributed by atoms with van der Waals surface area (Å²) >= 11 is 6.12. The summed E-state index contributed by atoms with van der Waals surface area (Å²) in [7, 11) is 0. The van der Waals surface area contributed by atoms with Crippen molar-refractivity contribution in [3.8, 4) is 11.5 Å². The molecule has 1 N–H and O–H groups in total. The minimum Gasteiger partial charge on any atom is -0.455 e. The largest absolute Gasteiger partial charge is 0.455 e. The van der Waals surface area contributed by atoms with Gasteiger partial charge in [0.25, 0.3) is 11.5 Å². The van der Waals surface area contributed by atoms with Gasteiger partial charge in [0.1, 0.15) is 11.4 Å². The number of anilines is 1. The Hall–Kier alpha value is -3.90. The zero-order valence-corrected chi connectivity index (χ0v) is 17.1. The van der Waals surface area contributed by atoms with Gasteiger partial charge in [0.2, 0.25) is 0 Å². The Bertz CT molecular complexity index is 1260. The van der Waals surface area contributed by atoms with Crippen LogP contribution >= 0.6 is 11.6 Å². The predicted octanol–water partition coefficient (Wildman–Crippen LogP) is 4.99. The number of aromatic nitrogens is 2. The van der Waals surface area contributed by atoms with E-state index < -0.39 is 5.91 Å². The molecule has 4 aromatic rings. The first-order valence-corrected chi connectivity index (χ1v) is 9.92. The smallest absolute Gasteiger partial charge is 0.276 e. The second kappa shape index (κ2) is 9.28. The molecule has 1 aromatic heterocycles. The Labute approximate surface area is 183 Å². The minimum atomic E-state index is -0.484. The first-order chi connectivity index (χ1) is 15.1. The molecular weight excluding hydrogens is 414 g/mol. The fourth-order valence-electron chi connectivity index (χ4n) is 2.93. The Morgan fingerprint density at radius 2 is 1.65 bits per heavy atom. The van der Waals surface area contributed by atoms with Crippen LogP contribution < -0.4 is 15.6 Å². The van der Waals surface area contributed by atoms with Crippen LogP contribution in [0.15, 0.2) is 95.8 Å². The van der Waals surface area contributed by atoms with E-state index in [2.05, 4.69) is 10.4 Å². The number of amides is 1. The van der Waals surface area contributed by atoms with Crippen LogP contribution in [0.4, 0.5) is 5.69 Å². The molecule has 0 bridgehead atoms. The van der Waals surface area contributed by atoms with Crippen LogP contribution in [0, 0.1) is 0 Å². The molecule has 0 aliphatic carbocycles. The van der Waals surface area contributed by atoms with Gasteiger partial charge >= 0.3 is 0 Å². The molecule has 0 unspecified atom stereocenters. The van der Waals surface area contributed by atoms with Crippen molar-refractivity contribution in [1.29, 1.82) is 0 Å². The quantitative estimate of drug-likeness (QED) is 0.466. The van der Waals surface area contributed by atoms with Crippen molar-refractivity contribution in [3.63, 3.8) is 0 Å². The first kappa shape index (κ1) is 20.4. The second-order valence-electron chi connectivity index (χ2n) is 6.71. The number of nitrogens with zero attached hydrogens (tertiary/aromatic N) is 2. The highest BCUT2D eigenvalue weighted by Gasteiger charge is 2.14. The summed E-state index contributed by atoms with van der Waals surface area (Å²) in [5.74, 6) is 0.568. The number of carbonyl (C=O) groups excluding carboxylic acids is 1. The fraction of sp³-hybridized carbons (Fsp3) is 0.0417. The Kier molecular flexibility index (Phi) is 6.10. The highest BCUT2D eigenvalue weighted by Crippen LogP contribution is 2.32. The SMILES string of the molecule is O=C(Nc1cc(Cl)ccc1Oc1ccccc1)c1ccc(=O)n(Cc2ccccc2)n1. The highest BCUT2D eigenvalue weighted by molar-refractivity contribution is 6.31. The molecule has 0 aliphatic rings. The molecule has 6 nitrogen and oxygen atoms in total. The number of para-hydroxylation sites is 1. The Morgan fingerprint density at radius 3 is 2.39 bits per heavy atom. The maximum absolute atomic E-state index is 12.9. The molecule has 3 aromatic carbocycles. The van der Waals surface area contributed by atoms with Crippen LogP contribution in [0.25, 0.3) is 0 Å². The third kappa shape index (κ3) is 5.18. The van der Waals surface area contributed by atoms with E-state index in [1.807, 2.05) is 48.5 Å². The number of hydrogen-bond acceptors (Lipinski definition) is 4. The van der Waals surface area contributed by atoms with Gasteiger partial charge in [-0.3, -0.25) is 9.59 Å². The van der Waals surface area contributed by atoms with Crippen LogP contribution in [0.2, 0.25) is 5.02 Å². The van der Waals surface area contributed by atoms with Gasteiger partial charge in [0.15, 0.2) is 5.75 Å². The molecule has 4 rings (SSSR count). The number of hydrogen-bond donors (Lipinski definition) is 1. The Balaban J connectivity index is 1.58. The maximum atomic E-state index is 12.9. The van der Waals surface area contributed by atoms with Gasteiger partial charge in [-0.2, -0.15) is 5.10 Å². The third-order valence-electron chi connectivity index (χ3n) is 4.44. The number of nitrogens with one attached hydrogen (secondary N) is 1. The van der Waals surface area contributed by atoms with E-state index in [4.69, 9.17) is 16.3 Å². The molecular formula is C24H18ClN3O3. The average Bonchev–Trinajstić information content (AvgIpc) is 2.78. The summed E-state index contributed by atoms with van der Waals surface area (Å²) < 4.78 is 7.13. The maximum Gasteiger partial charge on any atom is 0.276 e. The lowest BCUT2D eigenvalue weighted by atomic mass is 10.2. The van der Waals surface area contributed by atoms with E-state index >= 15 is 0 Å². The van der Waals surface area contributed by atoms with Crippen molar-refractivity contribution < 1.29 is 9.53 Å². The molecule has 0 fully saturated rings. The molecule has 1 heterocycles. The van der Waals surface area contributed by atoms with E-state index in [9.17, 15) is 9.59 Å². The molecule has 0 saturated heterocycles. The summed E-state index contributed by atoms with van der Waals surface area (Å²) in [4.78, 5) is 25.0. The van der Waals surface area contributed by atoms with Gasteiger partial charge in [-0.1, -0.05) is 60.1 Å². The zero-order valence-electron chi connectivity index (χ0n) is 16.4. The number of benzene rings is 3. The molecule has 0 aliphatic heterocycles. The molecule has 0 saturated carbocycles. The van der Waals surface area contributed by atoms with Crippen molar-refractivity contribution in [2.45, 2.75) is 6.54 Å². The standard InChI is InChI=1S/C24H18ClN3O3/c25-18-11-13-22(31-19-9-5-2-6-10-19)21(15-18)26-24(30)20-12-14-23(29)28(27-20)16-17-7-3-1-4-8-17/h1-15H,16H2,(H,26,30). The van der Waals surface area contributed by atoms with E-state index in [0.717, 1.165) is 5.56 Å². The van der Waals surface area contributed by atoms with Gasteiger partial charge in [-0.15, -0.1) is 0 Å². The van der Waals surface area contributed by atoms with Crippen LogP contribution in [-0.4, -0.2) is 15.7 Å². The molecule has 0 atom stereocenters. The van der Waals surface area contributed by atoms with Gasteiger partial charge in [0.05, 0.1) is 12.2 Å². The van der Waals surface area contributed by atoms with Crippen LogP contribution in [0.3, 0.4) is 0 Å². The summed E-state index contributed by atoms with van der Waals surface area (Å²) in [6.45, 7) is 0.264. The monoisotopic (exact) mass is 431 g/mol. The molecule has 31 heavy (non-hydrogen) atoms. The van der Waals surface area contributed by atoms with Crippen molar-refractivity contribution in [2.75, 3.05) is 5.32 Å². The molecule has 154 valence electrons. The summed E-state index contributed by atoms with van der Waals surface area (Å²) in [5.41, 5.74) is 1.10. The van der Waals surface area contributed by atoms with E-state index in [1.54, 1.807) is 30.3 Å². The van der Waals surface area contributed by atoms with Gasteiger partial charge in [-0.05, 0) is 42.0 Å². The van der Waals surface area contributed by atoms with E-state index in [1.165, 1.54) is 16.8 Å². The lowest BCUT2D eigenvalue weighted by molar-refractivity contribution is 0.101. The summed E-state index contributed by atoms with van der Waals surface area (Å²) in [6.07, 6.45) is 0. The van der Waals surface area contributed by atoms with Crippen LogP contribution in [0.5, 0.6) is 11.5 Å². The third-order valence-corrected chi connectivity index (χ3v) is 4.67. The van der Waals surface area contributed by atoms with Gasteiger partial charge < -0.3 is 10.1 Å². The number of halogens is 1. The predicted molar refractivity (Wildman–Crippen MR) is 120 cm³/mol. The zero-order chi connectivity index (χ0) is 21.6. The van der Waals surface area contributed by atoms with Gasteiger partial charge in [-0.25, -0.2) is 4.68 Å². The number of rotatable bonds is 6. The van der Waals surface area contributed by atoms with Crippen molar-refractivity contribution >= 4 is 23.2 Å². The number of carbonyl (C=O) groups is 1. The van der Waals surface area contributed by atoms with Crippen molar-refractivity contribution in [1.82, 2.24) is 9.78 Å². The van der Waals surface area contributed by atoms with Crippen LogP contribution in [0.1, 0.15) is 16.1 Å². The topological polar surface area (TPSA) is 73.2 Å². The minimum absolute atomic E-state index is 0.0983. The van der Waals surface area contributed by atoms with E-state index in [0.29, 0.717) is 22.2 Å². The average molecular weight is 432 g/mol.